The number of nitrogens with zero attached hydrogens (tertiary/aromatic N) is 1. The molecule has 0 aliphatic carbocycles. The van der Waals surface area contributed by atoms with Gasteiger partial charge in [-0.15, -0.1) is 0 Å². The first-order chi connectivity index (χ1) is 13.2. The van der Waals surface area contributed by atoms with E-state index in [1.165, 1.54) is 16.9 Å². The monoisotopic (exact) mass is 353 g/mol. The van der Waals surface area contributed by atoms with Gasteiger partial charge in [0.2, 0.25) is 0 Å². The van der Waals surface area contributed by atoms with E-state index in [1.807, 2.05) is 42.5 Å². The molecule has 6 rings (SSSR count). The zero-order chi connectivity index (χ0) is 18.1. The normalized spacial score (nSPS) is 12.0. The van der Waals surface area contributed by atoms with E-state index in [2.05, 4.69) is 0 Å². The summed E-state index contributed by atoms with van der Waals surface area (Å²) in [6.07, 6.45) is 2.95. The van der Waals surface area contributed by atoms with Gasteiger partial charge in [-0.05, 0) is 35.4 Å². The van der Waals surface area contributed by atoms with Gasteiger partial charge in [0, 0.05) is 10.8 Å². The highest BCUT2D eigenvalue weighted by atomic mass is 16.3. The molecule has 0 saturated carbocycles. The molecule has 0 atom stereocenters. The summed E-state index contributed by atoms with van der Waals surface area (Å²) in [7, 11) is 0. The fourth-order valence-corrected chi connectivity index (χ4v) is 3.93. The smallest absolute Gasteiger partial charge is 0.269 e. The number of pyridine rings is 2. The van der Waals surface area contributed by atoms with Crippen LogP contribution in [0, 0.1) is 0 Å². The average Bonchev–Trinajstić information content (AvgIpc) is 3.38. The minimum Gasteiger partial charge on any atom is -0.463 e. The van der Waals surface area contributed by atoms with Gasteiger partial charge < -0.3 is 8.83 Å². The Morgan fingerprint density at radius 2 is 1.19 bits per heavy atom. The van der Waals surface area contributed by atoms with E-state index in [-0.39, 0.29) is 11.1 Å². The highest BCUT2D eigenvalue weighted by molar-refractivity contribution is 6.16. The largest absolute Gasteiger partial charge is 0.463 e. The molecule has 0 fully saturated rings. The minimum atomic E-state index is -0.378. The SMILES string of the molecule is O=c1c2ccoc2c2cc(-c3ccccc3)cc3c4occc4c(=O)n1c23. The van der Waals surface area contributed by atoms with Crippen molar-refractivity contribution in [2.45, 2.75) is 0 Å². The molecule has 0 unspecified atom stereocenters. The van der Waals surface area contributed by atoms with Crippen LogP contribution in [-0.4, -0.2) is 4.40 Å². The van der Waals surface area contributed by atoms with E-state index >= 15 is 0 Å². The van der Waals surface area contributed by atoms with E-state index in [0.717, 1.165) is 11.1 Å². The fraction of sp³-hybridized carbons (Fsp3) is 0. The molecular formula is C22H11NO4. The van der Waals surface area contributed by atoms with Crippen molar-refractivity contribution in [3.8, 4) is 11.1 Å². The van der Waals surface area contributed by atoms with Crippen molar-refractivity contribution in [1.82, 2.24) is 4.40 Å². The Hall–Kier alpha value is -3.86. The first kappa shape index (κ1) is 14.3. The predicted molar refractivity (Wildman–Crippen MR) is 104 cm³/mol. The second-order valence-electron chi connectivity index (χ2n) is 6.56. The van der Waals surface area contributed by atoms with Gasteiger partial charge in [-0.2, -0.15) is 0 Å². The molecule has 0 saturated heterocycles. The maximum Gasteiger partial charge on any atom is 0.269 e. The Morgan fingerprint density at radius 1 is 0.630 bits per heavy atom. The molecule has 128 valence electrons. The molecular weight excluding hydrogens is 342 g/mol. The van der Waals surface area contributed by atoms with E-state index in [9.17, 15) is 9.59 Å². The van der Waals surface area contributed by atoms with Crippen LogP contribution in [0.1, 0.15) is 0 Å². The third-order valence-corrected chi connectivity index (χ3v) is 5.13. The van der Waals surface area contributed by atoms with Crippen LogP contribution in [0.25, 0.3) is 49.4 Å². The van der Waals surface area contributed by atoms with Gasteiger partial charge in [0.15, 0.2) is 0 Å². The molecule has 4 heterocycles. The molecule has 0 radical (unpaired) electrons. The van der Waals surface area contributed by atoms with Crippen molar-refractivity contribution in [2.24, 2.45) is 0 Å². The number of hydrogen-bond donors (Lipinski definition) is 0. The number of furan rings is 2. The summed E-state index contributed by atoms with van der Waals surface area (Å²) in [5.74, 6) is 0. The maximum atomic E-state index is 13.0. The van der Waals surface area contributed by atoms with E-state index < -0.39 is 0 Å². The van der Waals surface area contributed by atoms with Crippen molar-refractivity contribution < 1.29 is 8.83 Å². The Balaban J connectivity index is 1.99. The molecule has 0 spiro atoms. The van der Waals surface area contributed by atoms with Gasteiger partial charge >= 0.3 is 0 Å². The van der Waals surface area contributed by atoms with Gasteiger partial charge in [0.25, 0.3) is 11.1 Å². The summed E-state index contributed by atoms with van der Waals surface area (Å²) in [5.41, 5.74) is 2.71. The topological polar surface area (TPSA) is 64.8 Å². The maximum absolute atomic E-state index is 13.0. The molecule has 0 N–H and O–H groups in total. The lowest BCUT2D eigenvalue weighted by Crippen LogP contribution is -2.26. The summed E-state index contributed by atoms with van der Waals surface area (Å²) in [5, 5.41) is 2.20. The fourth-order valence-electron chi connectivity index (χ4n) is 3.93. The molecule has 0 amide bonds. The summed E-state index contributed by atoms with van der Waals surface area (Å²) < 4.78 is 12.5. The number of hydrogen-bond acceptors (Lipinski definition) is 4. The standard InChI is InChI=1S/C22H11NO4/c24-21-14-6-8-26-19(14)16-10-13(12-4-2-1-3-5-12)11-17-18(16)23(21)22(25)15-7-9-27-20(15)17/h1-11H. The summed E-state index contributed by atoms with van der Waals surface area (Å²) in [4.78, 5) is 25.9. The minimum absolute atomic E-state index is 0.378. The summed E-state index contributed by atoms with van der Waals surface area (Å²) in [6.45, 7) is 0. The quantitative estimate of drug-likeness (QED) is 0.439. The lowest BCUT2D eigenvalue weighted by molar-refractivity contribution is 0.618. The highest BCUT2D eigenvalue weighted by Gasteiger charge is 2.21. The van der Waals surface area contributed by atoms with Crippen LogP contribution in [0.3, 0.4) is 0 Å². The van der Waals surface area contributed by atoms with Crippen molar-refractivity contribution in [3.63, 3.8) is 0 Å². The molecule has 0 aliphatic rings. The number of benzene rings is 2. The van der Waals surface area contributed by atoms with Gasteiger partial charge in [-0.1, -0.05) is 30.3 Å². The zero-order valence-corrected chi connectivity index (χ0v) is 13.9. The second kappa shape index (κ2) is 4.86. The highest BCUT2D eigenvalue weighted by Crippen LogP contribution is 2.35. The first-order valence-corrected chi connectivity index (χ1v) is 8.52. The van der Waals surface area contributed by atoms with Crippen molar-refractivity contribution in [3.05, 3.63) is 87.8 Å². The summed E-state index contributed by atoms with van der Waals surface area (Å²) in [6, 6.07) is 17.0. The van der Waals surface area contributed by atoms with Crippen LogP contribution in [0.5, 0.6) is 0 Å². The Labute approximate surface area is 151 Å². The van der Waals surface area contributed by atoms with Gasteiger partial charge in [0.05, 0.1) is 28.8 Å². The predicted octanol–water partition coefficient (Wildman–Crippen LogP) is 4.41. The van der Waals surface area contributed by atoms with Gasteiger partial charge in [0.1, 0.15) is 11.2 Å². The average molecular weight is 353 g/mol. The van der Waals surface area contributed by atoms with Crippen LogP contribution < -0.4 is 11.1 Å². The second-order valence-corrected chi connectivity index (χ2v) is 6.56. The van der Waals surface area contributed by atoms with Crippen molar-refractivity contribution in [2.75, 3.05) is 0 Å². The molecule has 6 aromatic rings. The van der Waals surface area contributed by atoms with E-state index in [1.54, 1.807) is 12.1 Å². The van der Waals surface area contributed by atoms with Gasteiger partial charge in [-0.3, -0.25) is 9.59 Å². The number of rotatable bonds is 1. The van der Waals surface area contributed by atoms with Gasteiger partial charge in [-0.25, -0.2) is 4.40 Å². The Kier molecular flexibility index (Phi) is 2.58. The zero-order valence-electron chi connectivity index (χ0n) is 13.9. The molecule has 0 aliphatic heterocycles. The lowest BCUT2D eigenvalue weighted by Gasteiger charge is -2.11. The molecule has 27 heavy (non-hydrogen) atoms. The molecule has 2 aromatic carbocycles. The van der Waals surface area contributed by atoms with Crippen LogP contribution in [0.2, 0.25) is 0 Å². The third-order valence-electron chi connectivity index (χ3n) is 5.13. The lowest BCUT2D eigenvalue weighted by atomic mass is 9.99. The summed E-state index contributed by atoms with van der Waals surface area (Å²) >= 11 is 0. The third kappa shape index (κ3) is 1.73. The number of fused-ring (bicyclic) bond motifs is 4. The van der Waals surface area contributed by atoms with E-state index in [4.69, 9.17) is 8.83 Å². The van der Waals surface area contributed by atoms with Crippen LogP contribution in [0.4, 0.5) is 0 Å². The van der Waals surface area contributed by atoms with Crippen molar-refractivity contribution >= 4 is 38.2 Å². The van der Waals surface area contributed by atoms with Crippen LogP contribution in [0.15, 0.2) is 85.5 Å². The molecule has 5 heteroatoms. The van der Waals surface area contributed by atoms with Crippen molar-refractivity contribution in [1.29, 1.82) is 0 Å². The first-order valence-electron chi connectivity index (χ1n) is 8.52. The Morgan fingerprint density at radius 3 is 1.74 bits per heavy atom. The van der Waals surface area contributed by atoms with Crippen LogP contribution in [-0.2, 0) is 0 Å². The molecule has 4 aromatic heterocycles. The Bertz CT molecular complexity index is 1510. The number of aromatic nitrogens is 1. The van der Waals surface area contributed by atoms with E-state index in [0.29, 0.717) is 38.2 Å². The molecule has 0 bridgehead atoms. The molecule has 5 nitrogen and oxygen atoms in total. The van der Waals surface area contributed by atoms with Crippen LogP contribution >= 0.6 is 0 Å².